The van der Waals surface area contributed by atoms with Crippen molar-refractivity contribution in [1.82, 2.24) is 0 Å². The molecule has 0 fully saturated rings. The Kier molecular flexibility index (Phi) is 5.19. The minimum absolute atomic E-state index is 0.147. The molecule has 2 aromatic heterocycles. The normalized spacial score (nSPS) is 12.7. The van der Waals surface area contributed by atoms with Crippen molar-refractivity contribution in [1.29, 1.82) is 0 Å². The maximum absolute atomic E-state index is 13.5. The minimum Gasteiger partial charge on any atom is -0.486 e. The van der Waals surface area contributed by atoms with Gasteiger partial charge in [-0.1, -0.05) is 19.1 Å². The first-order chi connectivity index (χ1) is 15.5. The van der Waals surface area contributed by atoms with E-state index in [1.54, 1.807) is 43.3 Å². The fourth-order valence-corrected chi connectivity index (χ4v) is 4.43. The van der Waals surface area contributed by atoms with Gasteiger partial charge in [-0.25, -0.2) is 4.79 Å². The van der Waals surface area contributed by atoms with Crippen molar-refractivity contribution in [2.45, 2.75) is 20.3 Å². The first-order valence-corrected chi connectivity index (χ1v) is 11.2. The van der Waals surface area contributed by atoms with Crippen LogP contribution in [-0.2, 0) is 6.42 Å². The molecule has 0 spiro atoms. The van der Waals surface area contributed by atoms with Gasteiger partial charge in [0.05, 0.1) is 10.9 Å². The van der Waals surface area contributed by atoms with Crippen molar-refractivity contribution < 1.29 is 23.4 Å². The SMILES string of the molecule is CCc1cc2c(=O)c(-c3ccc4c(c3)OCCO4)c(C)oc2cc1OC(=O)c1cccs1. The molecule has 5 rings (SSSR count). The van der Waals surface area contributed by atoms with Gasteiger partial charge in [0.2, 0.25) is 5.43 Å². The number of carbonyl (C=O) groups is 1. The number of hydrogen-bond acceptors (Lipinski definition) is 7. The second-order valence-corrected chi connectivity index (χ2v) is 8.34. The molecular formula is C25H20O6S. The average molecular weight is 448 g/mol. The summed E-state index contributed by atoms with van der Waals surface area (Å²) < 4.78 is 22.9. The molecule has 0 atom stereocenters. The van der Waals surface area contributed by atoms with E-state index < -0.39 is 5.97 Å². The molecular weight excluding hydrogens is 428 g/mol. The summed E-state index contributed by atoms with van der Waals surface area (Å²) in [6.07, 6.45) is 0.593. The van der Waals surface area contributed by atoms with E-state index in [1.165, 1.54) is 11.3 Å². The molecule has 3 heterocycles. The first-order valence-electron chi connectivity index (χ1n) is 10.3. The Morgan fingerprint density at radius 3 is 2.66 bits per heavy atom. The monoisotopic (exact) mass is 448 g/mol. The van der Waals surface area contributed by atoms with Crippen molar-refractivity contribution in [3.05, 3.63) is 74.3 Å². The Morgan fingerprint density at radius 2 is 1.91 bits per heavy atom. The van der Waals surface area contributed by atoms with Crippen molar-refractivity contribution >= 4 is 28.3 Å². The molecule has 1 aliphatic heterocycles. The third kappa shape index (κ3) is 3.54. The highest BCUT2D eigenvalue weighted by molar-refractivity contribution is 7.12. The maximum Gasteiger partial charge on any atom is 0.353 e. The van der Waals surface area contributed by atoms with Gasteiger partial charge in [0.15, 0.2) is 11.5 Å². The molecule has 1 aliphatic rings. The predicted molar refractivity (Wildman–Crippen MR) is 122 cm³/mol. The van der Waals surface area contributed by atoms with E-state index in [4.69, 9.17) is 18.6 Å². The third-order valence-electron chi connectivity index (χ3n) is 5.39. The summed E-state index contributed by atoms with van der Waals surface area (Å²) in [6.45, 7) is 4.66. The van der Waals surface area contributed by atoms with Crippen LogP contribution in [0.15, 0.2) is 57.1 Å². The zero-order valence-electron chi connectivity index (χ0n) is 17.6. The highest BCUT2D eigenvalue weighted by Crippen LogP contribution is 2.36. The largest absolute Gasteiger partial charge is 0.486 e. The Morgan fingerprint density at radius 1 is 1.09 bits per heavy atom. The van der Waals surface area contributed by atoms with E-state index in [-0.39, 0.29) is 5.43 Å². The second-order valence-electron chi connectivity index (χ2n) is 7.40. The molecule has 0 N–H and O–H groups in total. The third-order valence-corrected chi connectivity index (χ3v) is 6.24. The van der Waals surface area contributed by atoms with Gasteiger partial charge in [0, 0.05) is 6.07 Å². The van der Waals surface area contributed by atoms with Crippen LogP contribution in [0.25, 0.3) is 22.1 Å². The van der Waals surface area contributed by atoms with Gasteiger partial charge in [0.1, 0.15) is 35.2 Å². The average Bonchev–Trinajstić information content (AvgIpc) is 3.34. The molecule has 7 heteroatoms. The van der Waals surface area contributed by atoms with Gasteiger partial charge in [-0.15, -0.1) is 11.3 Å². The van der Waals surface area contributed by atoms with Crippen LogP contribution in [0.1, 0.15) is 27.9 Å². The zero-order chi connectivity index (χ0) is 22.2. The van der Waals surface area contributed by atoms with Crippen LogP contribution in [0.5, 0.6) is 17.2 Å². The smallest absolute Gasteiger partial charge is 0.353 e. The van der Waals surface area contributed by atoms with E-state index in [1.807, 2.05) is 18.4 Å². The quantitative estimate of drug-likeness (QED) is 0.308. The summed E-state index contributed by atoms with van der Waals surface area (Å²) in [5.74, 6) is 1.71. The van der Waals surface area contributed by atoms with Crippen LogP contribution < -0.4 is 19.6 Å². The summed E-state index contributed by atoms with van der Waals surface area (Å²) in [4.78, 5) is 26.4. The molecule has 32 heavy (non-hydrogen) atoms. The Labute approximate surface area is 188 Å². The van der Waals surface area contributed by atoms with Crippen molar-refractivity contribution in [3.63, 3.8) is 0 Å². The number of rotatable bonds is 4. The van der Waals surface area contributed by atoms with Gasteiger partial charge in [-0.05, 0) is 54.1 Å². The molecule has 0 saturated heterocycles. The lowest BCUT2D eigenvalue weighted by molar-refractivity contribution is 0.0738. The number of fused-ring (bicyclic) bond motifs is 2. The van der Waals surface area contributed by atoms with E-state index in [0.29, 0.717) is 69.6 Å². The lowest BCUT2D eigenvalue weighted by Crippen LogP contribution is -2.15. The van der Waals surface area contributed by atoms with E-state index >= 15 is 0 Å². The summed E-state index contributed by atoms with van der Waals surface area (Å²) in [5.41, 5.74) is 2.16. The summed E-state index contributed by atoms with van der Waals surface area (Å²) in [5, 5.41) is 2.26. The van der Waals surface area contributed by atoms with Crippen LogP contribution in [0, 0.1) is 6.92 Å². The Hall–Kier alpha value is -3.58. The van der Waals surface area contributed by atoms with Gasteiger partial charge >= 0.3 is 5.97 Å². The number of aryl methyl sites for hydroxylation is 2. The van der Waals surface area contributed by atoms with Crippen LogP contribution in [0.4, 0.5) is 0 Å². The van der Waals surface area contributed by atoms with Crippen LogP contribution in [-0.4, -0.2) is 19.2 Å². The molecule has 4 aromatic rings. The fourth-order valence-electron chi connectivity index (χ4n) is 3.83. The molecule has 0 saturated carbocycles. The number of hydrogen-bond donors (Lipinski definition) is 0. The number of carbonyl (C=O) groups excluding carboxylic acids is 1. The molecule has 0 radical (unpaired) electrons. The standard InChI is InChI=1S/C25H20O6S/c1-3-15-11-17-20(13-19(15)31-25(27)22-5-4-10-32-22)30-14(2)23(24(17)26)16-6-7-18-21(12-16)29-9-8-28-18/h4-7,10-13H,3,8-9H2,1-2H3. The summed E-state index contributed by atoms with van der Waals surface area (Å²) in [6, 6.07) is 12.3. The Bertz CT molecular complexity index is 1380. The van der Waals surface area contributed by atoms with Crippen molar-refractivity contribution in [2.24, 2.45) is 0 Å². The number of benzene rings is 2. The molecule has 6 nitrogen and oxygen atoms in total. The van der Waals surface area contributed by atoms with Crippen LogP contribution in [0.2, 0.25) is 0 Å². The molecule has 0 aliphatic carbocycles. The van der Waals surface area contributed by atoms with Crippen LogP contribution in [0.3, 0.4) is 0 Å². The zero-order valence-corrected chi connectivity index (χ0v) is 18.4. The van der Waals surface area contributed by atoms with Gasteiger partial charge < -0.3 is 18.6 Å². The number of thiophene rings is 1. The summed E-state index contributed by atoms with van der Waals surface area (Å²) >= 11 is 1.31. The first kappa shape index (κ1) is 20.3. The predicted octanol–water partition coefficient (Wildman–Crippen LogP) is 5.38. The maximum atomic E-state index is 13.5. The van der Waals surface area contributed by atoms with Gasteiger partial charge in [-0.2, -0.15) is 0 Å². The highest BCUT2D eigenvalue weighted by atomic mass is 32.1. The van der Waals surface area contributed by atoms with E-state index in [2.05, 4.69) is 0 Å². The lowest BCUT2D eigenvalue weighted by Gasteiger charge is -2.19. The lowest BCUT2D eigenvalue weighted by atomic mass is 10.00. The van der Waals surface area contributed by atoms with E-state index in [0.717, 1.165) is 5.56 Å². The van der Waals surface area contributed by atoms with Crippen LogP contribution >= 0.6 is 11.3 Å². The Balaban J connectivity index is 1.60. The molecule has 0 unspecified atom stereocenters. The molecule has 162 valence electrons. The molecule has 0 bridgehead atoms. The fraction of sp³-hybridized carbons (Fsp3) is 0.200. The highest BCUT2D eigenvalue weighted by Gasteiger charge is 2.20. The van der Waals surface area contributed by atoms with Gasteiger partial charge in [0.25, 0.3) is 0 Å². The molecule has 0 amide bonds. The molecule has 2 aromatic carbocycles. The number of ether oxygens (including phenoxy) is 3. The van der Waals surface area contributed by atoms with E-state index in [9.17, 15) is 9.59 Å². The van der Waals surface area contributed by atoms with Gasteiger partial charge in [-0.3, -0.25) is 4.79 Å². The van der Waals surface area contributed by atoms with Crippen molar-refractivity contribution in [3.8, 4) is 28.4 Å². The minimum atomic E-state index is -0.430. The second kappa shape index (κ2) is 8.16. The topological polar surface area (TPSA) is 75.0 Å². The van der Waals surface area contributed by atoms with Crippen molar-refractivity contribution in [2.75, 3.05) is 13.2 Å². The summed E-state index contributed by atoms with van der Waals surface area (Å²) in [7, 11) is 0. The number of esters is 1.